The fourth-order valence-corrected chi connectivity index (χ4v) is 3.86. The van der Waals surface area contributed by atoms with Gasteiger partial charge in [0.2, 0.25) is 0 Å². The highest BCUT2D eigenvalue weighted by molar-refractivity contribution is 7.05. The molecule has 0 saturated carbocycles. The zero-order valence-corrected chi connectivity index (χ0v) is 16.3. The van der Waals surface area contributed by atoms with Gasteiger partial charge in [0.05, 0.1) is 23.4 Å². The van der Waals surface area contributed by atoms with E-state index in [0.717, 1.165) is 48.2 Å². The predicted molar refractivity (Wildman–Crippen MR) is 100 cm³/mol. The van der Waals surface area contributed by atoms with Crippen molar-refractivity contribution in [2.75, 3.05) is 20.1 Å². The van der Waals surface area contributed by atoms with Gasteiger partial charge >= 0.3 is 0 Å². The van der Waals surface area contributed by atoms with Crippen molar-refractivity contribution in [3.8, 4) is 0 Å². The van der Waals surface area contributed by atoms with Crippen molar-refractivity contribution in [3.63, 3.8) is 0 Å². The van der Waals surface area contributed by atoms with Crippen LogP contribution in [0.15, 0.2) is 29.0 Å². The molecule has 9 heteroatoms. The maximum atomic E-state index is 12.7. The molecule has 0 bridgehead atoms. The maximum Gasteiger partial charge on any atom is 0.275 e. The van der Waals surface area contributed by atoms with Gasteiger partial charge in [-0.2, -0.15) is 0 Å². The Morgan fingerprint density at radius 2 is 2.22 bits per heavy atom. The number of carbonyl (C=O) groups is 1. The first kappa shape index (κ1) is 17.9. The second-order valence-corrected chi connectivity index (χ2v) is 7.75. The lowest BCUT2D eigenvalue weighted by molar-refractivity contribution is 0.0752. The number of carbonyl (C=O) groups excluding carboxylic acids is 1. The molecule has 27 heavy (non-hydrogen) atoms. The summed E-state index contributed by atoms with van der Waals surface area (Å²) in [5.41, 5.74) is 1.62. The highest BCUT2D eigenvalue weighted by atomic mass is 32.1. The number of imidazole rings is 1. The third-order valence-electron chi connectivity index (χ3n) is 4.80. The molecule has 1 amide bonds. The summed E-state index contributed by atoms with van der Waals surface area (Å²) in [5.74, 6) is 1.93. The Kier molecular flexibility index (Phi) is 5.04. The minimum absolute atomic E-state index is 0.0384. The number of nitrogens with zero attached hydrogens (tertiary/aromatic N) is 6. The van der Waals surface area contributed by atoms with Crippen molar-refractivity contribution < 1.29 is 9.21 Å². The molecule has 142 valence electrons. The Balaban J connectivity index is 1.43. The Labute approximate surface area is 161 Å². The fourth-order valence-electron chi connectivity index (χ4n) is 3.40. The van der Waals surface area contributed by atoms with Crippen LogP contribution >= 0.6 is 11.5 Å². The molecule has 3 aromatic rings. The third-order valence-corrected chi connectivity index (χ3v) is 5.43. The third kappa shape index (κ3) is 3.79. The number of aryl methyl sites for hydroxylation is 1. The molecule has 4 heterocycles. The van der Waals surface area contributed by atoms with Crippen LogP contribution in [0.3, 0.4) is 0 Å². The number of aromatic nitrogens is 4. The molecule has 0 radical (unpaired) electrons. The second kappa shape index (κ2) is 7.61. The summed E-state index contributed by atoms with van der Waals surface area (Å²) >= 11 is 1.26. The largest absolute Gasteiger partial charge is 0.468 e. The molecule has 8 nitrogen and oxygen atoms in total. The van der Waals surface area contributed by atoms with Gasteiger partial charge < -0.3 is 13.9 Å². The molecule has 3 aromatic heterocycles. The fraction of sp³-hybridized carbons (Fsp3) is 0.444. The molecule has 0 N–H and O–H groups in total. The van der Waals surface area contributed by atoms with E-state index in [2.05, 4.69) is 31.1 Å². The van der Waals surface area contributed by atoms with E-state index in [4.69, 9.17) is 4.42 Å². The highest BCUT2D eigenvalue weighted by Gasteiger charge is 2.25. The van der Waals surface area contributed by atoms with Gasteiger partial charge in [-0.05, 0) is 37.6 Å². The summed E-state index contributed by atoms with van der Waals surface area (Å²) < 4.78 is 11.5. The molecule has 0 saturated heterocycles. The lowest BCUT2D eigenvalue weighted by Crippen LogP contribution is -2.34. The monoisotopic (exact) mass is 386 g/mol. The van der Waals surface area contributed by atoms with Crippen molar-refractivity contribution in [2.45, 2.75) is 33.0 Å². The topological polar surface area (TPSA) is 80.3 Å². The molecule has 0 atom stereocenters. The van der Waals surface area contributed by atoms with Gasteiger partial charge in [-0.25, -0.2) is 4.98 Å². The normalized spacial score (nSPS) is 14.4. The van der Waals surface area contributed by atoms with E-state index in [1.165, 1.54) is 11.5 Å². The number of fused-ring (bicyclic) bond motifs is 1. The summed E-state index contributed by atoms with van der Waals surface area (Å²) in [5, 5.41) is 3.99. The zero-order chi connectivity index (χ0) is 18.8. The molecule has 0 spiro atoms. The van der Waals surface area contributed by atoms with Gasteiger partial charge in [0, 0.05) is 38.8 Å². The highest BCUT2D eigenvalue weighted by Crippen LogP contribution is 2.17. The first-order valence-corrected chi connectivity index (χ1v) is 9.71. The van der Waals surface area contributed by atoms with E-state index < -0.39 is 0 Å². The van der Waals surface area contributed by atoms with Crippen LogP contribution in [-0.2, 0) is 26.1 Å². The second-order valence-electron chi connectivity index (χ2n) is 6.79. The summed E-state index contributed by atoms with van der Waals surface area (Å²) in [4.78, 5) is 22.2. The zero-order valence-electron chi connectivity index (χ0n) is 15.5. The molecule has 0 aromatic carbocycles. The number of rotatable bonds is 5. The molecule has 1 aliphatic rings. The predicted octanol–water partition coefficient (Wildman–Crippen LogP) is 1.97. The van der Waals surface area contributed by atoms with E-state index in [0.29, 0.717) is 18.8 Å². The van der Waals surface area contributed by atoms with Crippen molar-refractivity contribution in [1.82, 2.24) is 28.9 Å². The Hall–Kier alpha value is -2.52. The summed E-state index contributed by atoms with van der Waals surface area (Å²) in [6, 6.07) is 3.88. The summed E-state index contributed by atoms with van der Waals surface area (Å²) in [6.45, 7) is 5.43. The quantitative estimate of drug-likeness (QED) is 0.667. The minimum atomic E-state index is -0.0384. The number of hydrogen-bond acceptors (Lipinski definition) is 7. The first-order valence-electron chi connectivity index (χ1n) is 8.94. The molecule has 0 aliphatic carbocycles. The van der Waals surface area contributed by atoms with Crippen molar-refractivity contribution in [1.29, 1.82) is 0 Å². The number of hydrogen-bond donors (Lipinski definition) is 0. The average molecular weight is 386 g/mol. The lowest BCUT2D eigenvalue weighted by Gasteiger charge is -2.20. The van der Waals surface area contributed by atoms with Gasteiger partial charge in [0.1, 0.15) is 11.6 Å². The average Bonchev–Trinajstić information content (AvgIpc) is 3.35. The number of furan rings is 1. The van der Waals surface area contributed by atoms with Crippen molar-refractivity contribution in [3.05, 3.63) is 52.4 Å². The van der Waals surface area contributed by atoms with Crippen LogP contribution in [0, 0.1) is 6.92 Å². The molecule has 1 aliphatic heterocycles. The van der Waals surface area contributed by atoms with Crippen LogP contribution in [0.5, 0.6) is 0 Å². The van der Waals surface area contributed by atoms with E-state index in [1.807, 2.05) is 30.2 Å². The van der Waals surface area contributed by atoms with Gasteiger partial charge in [0.15, 0.2) is 5.69 Å². The molecule has 0 fully saturated rings. The Bertz CT molecular complexity index is 916. The minimum Gasteiger partial charge on any atom is -0.468 e. The van der Waals surface area contributed by atoms with Crippen LogP contribution in [-0.4, -0.2) is 55.0 Å². The first-order chi connectivity index (χ1) is 13.1. The van der Waals surface area contributed by atoms with Crippen LogP contribution in [0.1, 0.15) is 32.6 Å². The maximum absolute atomic E-state index is 12.7. The Morgan fingerprint density at radius 3 is 2.96 bits per heavy atom. The molecular formula is C18H22N6O2S. The number of amides is 1. The van der Waals surface area contributed by atoms with Crippen LogP contribution in [0.25, 0.3) is 0 Å². The SMILES string of the molecule is Cc1snnc1C(=O)N1CCc2ncc(CN(C)Cc3ccco3)n2CC1. The van der Waals surface area contributed by atoms with Gasteiger partial charge in [-0.1, -0.05) is 4.49 Å². The van der Waals surface area contributed by atoms with Crippen molar-refractivity contribution >= 4 is 17.4 Å². The standard InChI is InChI=1S/C18H22N6O2S/c1-13-17(20-21-27-13)18(25)23-6-5-16-19-10-14(24(16)8-7-23)11-22(2)12-15-4-3-9-26-15/h3-4,9-10H,5-8,11-12H2,1-2H3. The summed E-state index contributed by atoms with van der Waals surface area (Å²) in [7, 11) is 2.06. The van der Waals surface area contributed by atoms with Gasteiger partial charge in [-0.15, -0.1) is 5.10 Å². The van der Waals surface area contributed by atoms with E-state index in [9.17, 15) is 4.79 Å². The van der Waals surface area contributed by atoms with Gasteiger partial charge in [0.25, 0.3) is 5.91 Å². The lowest BCUT2D eigenvalue weighted by atomic mass is 10.3. The van der Waals surface area contributed by atoms with Crippen LogP contribution < -0.4 is 0 Å². The van der Waals surface area contributed by atoms with Gasteiger partial charge in [-0.3, -0.25) is 9.69 Å². The molecule has 4 rings (SSSR count). The van der Waals surface area contributed by atoms with Crippen molar-refractivity contribution in [2.24, 2.45) is 0 Å². The Morgan fingerprint density at radius 1 is 1.33 bits per heavy atom. The molecule has 0 unspecified atom stereocenters. The van der Waals surface area contributed by atoms with Crippen LogP contribution in [0.2, 0.25) is 0 Å². The summed E-state index contributed by atoms with van der Waals surface area (Å²) in [6.07, 6.45) is 4.38. The smallest absolute Gasteiger partial charge is 0.275 e. The molecular weight excluding hydrogens is 364 g/mol. The van der Waals surface area contributed by atoms with E-state index in [-0.39, 0.29) is 5.91 Å². The van der Waals surface area contributed by atoms with E-state index in [1.54, 1.807) is 6.26 Å². The van der Waals surface area contributed by atoms with E-state index >= 15 is 0 Å². The van der Waals surface area contributed by atoms with Crippen LogP contribution in [0.4, 0.5) is 0 Å².